The average molecular weight is 507 g/mol. The van der Waals surface area contributed by atoms with Crippen molar-refractivity contribution in [2.24, 2.45) is 5.73 Å². The van der Waals surface area contributed by atoms with Crippen molar-refractivity contribution in [3.05, 3.63) is 81.8 Å². The van der Waals surface area contributed by atoms with Crippen molar-refractivity contribution in [3.8, 4) is 0 Å². The lowest BCUT2D eigenvalue weighted by molar-refractivity contribution is -0.149. The summed E-state index contributed by atoms with van der Waals surface area (Å²) in [5.41, 5.74) is 7.70. The van der Waals surface area contributed by atoms with Crippen LogP contribution < -0.4 is 16.1 Å². The monoisotopic (exact) mass is 506 g/mol. The number of Topliss-reactive ketones (excluding diaryl/α,β-unsaturated/α-hetero) is 1. The van der Waals surface area contributed by atoms with Gasteiger partial charge in [0.2, 0.25) is 5.54 Å². The number of nitrogens with two attached hydrogens (primary N) is 1. The number of para-hydroxylation sites is 1. The van der Waals surface area contributed by atoms with Crippen LogP contribution >= 0.6 is 11.3 Å². The lowest BCUT2D eigenvalue weighted by Gasteiger charge is -2.46. The standard InChI is InChI=1S/C25H26N6O4S/c1-2-12-31(29-23(33)17-9-7-16(8-10-17)22(26)27)25(24(34)35)15-30(14-20-28-11-13-36-20)19-6-4-3-5-18(19)21(25)32/h3-11,13H,2,12,14-15H2,1H3,(H3,26,27)(H,29,33)(H,34,35). The Morgan fingerprint density at radius 1 is 1.22 bits per heavy atom. The third kappa shape index (κ3) is 4.58. The van der Waals surface area contributed by atoms with E-state index in [9.17, 15) is 19.5 Å². The van der Waals surface area contributed by atoms with Gasteiger partial charge in [0.05, 0.1) is 13.1 Å². The van der Waals surface area contributed by atoms with Gasteiger partial charge in [-0.05, 0) is 30.7 Å². The van der Waals surface area contributed by atoms with Gasteiger partial charge >= 0.3 is 5.97 Å². The molecule has 1 amide bonds. The van der Waals surface area contributed by atoms with E-state index in [0.29, 0.717) is 24.2 Å². The van der Waals surface area contributed by atoms with Gasteiger partial charge in [0.1, 0.15) is 10.8 Å². The molecule has 1 unspecified atom stereocenters. The van der Waals surface area contributed by atoms with Gasteiger partial charge in [-0.15, -0.1) is 11.3 Å². The van der Waals surface area contributed by atoms with Gasteiger partial charge in [0, 0.05) is 40.5 Å². The molecule has 5 N–H and O–H groups in total. The molecule has 1 aromatic heterocycles. The van der Waals surface area contributed by atoms with Crippen LogP contribution in [0.1, 0.15) is 44.6 Å². The highest BCUT2D eigenvalue weighted by Crippen LogP contribution is 2.36. The number of benzene rings is 2. The highest BCUT2D eigenvalue weighted by atomic mass is 32.1. The van der Waals surface area contributed by atoms with E-state index in [1.165, 1.54) is 40.6 Å². The molecule has 0 bridgehead atoms. The van der Waals surface area contributed by atoms with Crippen molar-refractivity contribution >= 4 is 40.5 Å². The molecule has 4 rings (SSSR count). The number of carbonyl (C=O) groups is 3. The first-order valence-electron chi connectivity index (χ1n) is 11.3. The number of amides is 1. The fourth-order valence-corrected chi connectivity index (χ4v) is 4.91. The largest absolute Gasteiger partial charge is 0.479 e. The van der Waals surface area contributed by atoms with Crippen LogP contribution in [0.3, 0.4) is 0 Å². The van der Waals surface area contributed by atoms with E-state index in [1.807, 2.05) is 17.2 Å². The van der Waals surface area contributed by atoms with E-state index in [1.54, 1.807) is 30.5 Å². The van der Waals surface area contributed by atoms with Crippen LogP contribution in [-0.4, -0.2) is 57.2 Å². The van der Waals surface area contributed by atoms with Crippen LogP contribution in [0.5, 0.6) is 0 Å². The number of amidine groups is 1. The Labute approximate surface area is 211 Å². The van der Waals surface area contributed by atoms with Crippen molar-refractivity contribution in [2.45, 2.75) is 25.4 Å². The molecular formula is C25H26N6O4S. The SMILES string of the molecule is CCCN(NC(=O)c1ccc(C(=N)N)cc1)C1(C(=O)O)CN(Cc2nccs2)c2ccccc2C1=O. The fraction of sp³-hybridized carbons (Fsp3) is 0.240. The summed E-state index contributed by atoms with van der Waals surface area (Å²) in [5, 5.41) is 21.9. The number of carbonyl (C=O) groups excluding carboxylic acids is 2. The number of carboxylic acid groups (broad SMARTS) is 1. The number of carboxylic acids is 1. The Balaban J connectivity index is 1.73. The van der Waals surface area contributed by atoms with Crippen molar-refractivity contribution in [1.29, 1.82) is 5.41 Å². The molecule has 1 aliphatic rings. The smallest absolute Gasteiger partial charge is 0.336 e. The number of aromatic nitrogens is 1. The maximum Gasteiger partial charge on any atom is 0.336 e. The number of thiazole rings is 1. The molecule has 0 saturated carbocycles. The topological polar surface area (TPSA) is 153 Å². The first-order chi connectivity index (χ1) is 17.3. The molecule has 0 radical (unpaired) electrons. The third-order valence-corrected chi connectivity index (χ3v) is 6.82. The first kappa shape index (κ1) is 25.0. The third-order valence-electron chi connectivity index (χ3n) is 6.05. The maximum atomic E-state index is 13.8. The van der Waals surface area contributed by atoms with Crippen LogP contribution in [0, 0.1) is 5.41 Å². The number of nitrogens with one attached hydrogen (secondary N) is 2. The number of ketones is 1. The summed E-state index contributed by atoms with van der Waals surface area (Å²) in [6.07, 6.45) is 2.16. The zero-order valence-corrected chi connectivity index (χ0v) is 20.4. The minimum atomic E-state index is -2.06. The molecule has 2 aromatic carbocycles. The first-order valence-corrected chi connectivity index (χ1v) is 12.2. The van der Waals surface area contributed by atoms with E-state index < -0.39 is 23.2 Å². The molecule has 1 atom stereocenters. The van der Waals surface area contributed by atoms with Crippen LogP contribution in [0.25, 0.3) is 0 Å². The molecule has 11 heteroatoms. The number of nitrogens with zero attached hydrogens (tertiary/aromatic N) is 3. The summed E-state index contributed by atoms with van der Waals surface area (Å²) >= 11 is 1.44. The molecule has 0 spiro atoms. The Morgan fingerprint density at radius 2 is 1.92 bits per heavy atom. The van der Waals surface area contributed by atoms with Gasteiger partial charge in [0.15, 0.2) is 5.78 Å². The van der Waals surface area contributed by atoms with Gasteiger partial charge in [-0.1, -0.05) is 31.2 Å². The van der Waals surface area contributed by atoms with E-state index in [0.717, 1.165) is 5.01 Å². The Morgan fingerprint density at radius 3 is 2.53 bits per heavy atom. The van der Waals surface area contributed by atoms with Crippen LogP contribution in [0.2, 0.25) is 0 Å². The molecule has 0 fully saturated rings. The summed E-state index contributed by atoms with van der Waals surface area (Å²) in [4.78, 5) is 46.0. The predicted molar refractivity (Wildman–Crippen MR) is 136 cm³/mol. The molecule has 10 nitrogen and oxygen atoms in total. The van der Waals surface area contributed by atoms with Crippen molar-refractivity contribution < 1.29 is 19.5 Å². The summed E-state index contributed by atoms with van der Waals surface area (Å²) in [7, 11) is 0. The molecule has 1 aliphatic heterocycles. The van der Waals surface area contributed by atoms with Crippen LogP contribution in [-0.2, 0) is 11.3 Å². The van der Waals surface area contributed by atoms with Crippen molar-refractivity contribution in [3.63, 3.8) is 0 Å². The van der Waals surface area contributed by atoms with E-state index in [4.69, 9.17) is 11.1 Å². The molecule has 2 heterocycles. The van der Waals surface area contributed by atoms with E-state index in [2.05, 4.69) is 10.4 Å². The van der Waals surface area contributed by atoms with E-state index in [-0.39, 0.29) is 30.1 Å². The Bertz CT molecular complexity index is 1290. The number of fused-ring (bicyclic) bond motifs is 1. The lowest BCUT2D eigenvalue weighted by Crippen LogP contribution is -2.71. The average Bonchev–Trinajstić information content (AvgIpc) is 3.38. The number of rotatable bonds is 9. The van der Waals surface area contributed by atoms with Crippen LogP contribution in [0.4, 0.5) is 5.69 Å². The van der Waals surface area contributed by atoms with Crippen molar-refractivity contribution in [2.75, 3.05) is 18.0 Å². The van der Waals surface area contributed by atoms with Gasteiger partial charge in [-0.3, -0.25) is 20.4 Å². The Hall–Kier alpha value is -4.09. The second-order valence-corrected chi connectivity index (χ2v) is 9.36. The summed E-state index contributed by atoms with van der Waals surface area (Å²) < 4.78 is 0. The normalized spacial score (nSPS) is 17.1. The van der Waals surface area contributed by atoms with Crippen molar-refractivity contribution in [1.82, 2.24) is 15.4 Å². The van der Waals surface area contributed by atoms with E-state index >= 15 is 0 Å². The highest BCUT2D eigenvalue weighted by Gasteiger charge is 2.56. The number of aliphatic carboxylic acids is 1. The fourth-order valence-electron chi connectivity index (χ4n) is 4.28. The number of nitrogen functional groups attached to an aromatic ring is 1. The molecule has 0 saturated heterocycles. The van der Waals surface area contributed by atoms with Gasteiger partial charge < -0.3 is 15.7 Å². The summed E-state index contributed by atoms with van der Waals surface area (Å²) in [6.45, 7) is 2.10. The lowest BCUT2D eigenvalue weighted by atomic mass is 9.83. The minimum absolute atomic E-state index is 0.128. The molecule has 36 heavy (non-hydrogen) atoms. The quantitative estimate of drug-likeness (QED) is 0.149. The summed E-state index contributed by atoms with van der Waals surface area (Å²) in [5.74, 6) is -2.66. The Kier molecular flexibility index (Phi) is 7.13. The molecule has 3 aromatic rings. The minimum Gasteiger partial charge on any atom is -0.479 e. The second-order valence-electron chi connectivity index (χ2n) is 8.38. The maximum absolute atomic E-state index is 13.8. The number of hydrogen-bond donors (Lipinski definition) is 4. The van der Waals surface area contributed by atoms with Gasteiger partial charge in [-0.2, -0.15) is 5.01 Å². The number of hydrazine groups is 1. The molecule has 0 aliphatic carbocycles. The second kappa shape index (κ2) is 10.3. The molecule has 186 valence electrons. The zero-order chi connectivity index (χ0) is 25.9. The van der Waals surface area contributed by atoms with Gasteiger partial charge in [-0.25, -0.2) is 9.78 Å². The molecular weight excluding hydrogens is 480 g/mol. The predicted octanol–water partition coefficient (Wildman–Crippen LogP) is 2.51. The summed E-state index contributed by atoms with van der Waals surface area (Å²) in [6, 6.07) is 12.9. The number of hydrogen-bond acceptors (Lipinski definition) is 8. The van der Waals surface area contributed by atoms with Crippen LogP contribution in [0.15, 0.2) is 60.1 Å². The number of anilines is 1. The highest BCUT2D eigenvalue weighted by molar-refractivity contribution is 7.09. The van der Waals surface area contributed by atoms with Gasteiger partial charge in [0.25, 0.3) is 5.91 Å². The zero-order valence-electron chi connectivity index (χ0n) is 19.6.